The molecule has 10 nitrogen and oxygen atoms in total. The monoisotopic (exact) mass is 476 g/mol. The summed E-state index contributed by atoms with van der Waals surface area (Å²) in [5.41, 5.74) is 1.56. The van der Waals surface area contributed by atoms with Gasteiger partial charge in [0.25, 0.3) is 0 Å². The van der Waals surface area contributed by atoms with Gasteiger partial charge in [0.15, 0.2) is 0 Å². The number of fused-ring (bicyclic) bond motifs is 1. The Kier molecular flexibility index (Phi) is 6.24. The maximum absolute atomic E-state index is 12.5. The Labute approximate surface area is 197 Å². The Hall–Kier alpha value is -2.85. The molecule has 2 aliphatic rings. The number of halogens is 1. The zero-order chi connectivity index (χ0) is 23.9. The van der Waals surface area contributed by atoms with Crippen LogP contribution in [0.2, 0.25) is 5.02 Å². The number of carbonyl (C=O) groups excluding carboxylic acids is 3. The molecule has 0 bridgehead atoms. The number of carbonyl (C=O) groups is 3. The molecule has 2 aromatic heterocycles. The molecule has 4 rings (SSSR count). The van der Waals surface area contributed by atoms with E-state index in [1.54, 1.807) is 15.6 Å². The number of urea groups is 1. The maximum atomic E-state index is 12.5. The summed E-state index contributed by atoms with van der Waals surface area (Å²) in [7, 11) is 0. The predicted octanol–water partition coefficient (Wildman–Crippen LogP) is 2.88. The van der Waals surface area contributed by atoms with E-state index in [1.165, 1.54) is 4.90 Å². The Morgan fingerprint density at radius 2 is 2.03 bits per heavy atom. The number of nitrogens with one attached hydrogen (secondary N) is 1. The molecule has 0 aromatic carbocycles. The van der Waals surface area contributed by atoms with Crippen molar-refractivity contribution in [3.8, 4) is 0 Å². The van der Waals surface area contributed by atoms with Gasteiger partial charge in [0.1, 0.15) is 11.1 Å². The molecule has 0 saturated carbocycles. The third-order valence-corrected chi connectivity index (χ3v) is 6.18. The summed E-state index contributed by atoms with van der Waals surface area (Å²) < 4.78 is 7.16. The molecule has 0 spiro atoms. The molecule has 4 heterocycles. The number of piperazine rings is 1. The van der Waals surface area contributed by atoms with Crippen molar-refractivity contribution >= 4 is 40.8 Å². The number of amides is 4. The van der Waals surface area contributed by atoms with Gasteiger partial charge < -0.3 is 9.64 Å². The molecule has 2 saturated heterocycles. The molecule has 4 amide bonds. The number of pyridine rings is 1. The molecule has 178 valence electrons. The molecule has 0 aliphatic carbocycles. The highest BCUT2D eigenvalue weighted by atomic mass is 35.5. The molecule has 2 aromatic rings. The Morgan fingerprint density at radius 3 is 2.70 bits per heavy atom. The van der Waals surface area contributed by atoms with Crippen molar-refractivity contribution < 1.29 is 19.1 Å². The van der Waals surface area contributed by atoms with Crippen LogP contribution < -0.4 is 10.2 Å². The summed E-state index contributed by atoms with van der Waals surface area (Å²) in [4.78, 5) is 41.8. The minimum atomic E-state index is -0.529. The van der Waals surface area contributed by atoms with Crippen LogP contribution in [-0.2, 0) is 16.1 Å². The van der Waals surface area contributed by atoms with E-state index >= 15 is 0 Å². The van der Waals surface area contributed by atoms with Crippen molar-refractivity contribution in [2.24, 2.45) is 0 Å². The van der Waals surface area contributed by atoms with Crippen LogP contribution in [0.1, 0.15) is 39.7 Å². The lowest BCUT2D eigenvalue weighted by atomic mass is 10.1. The lowest BCUT2D eigenvalue weighted by molar-refractivity contribution is -0.120. The summed E-state index contributed by atoms with van der Waals surface area (Å²) in [5.74, 6) is -0.292. The minimum Gasteiger partial charge on any atom is -0.444 e. The van der Waals surface area contributed by atoms with E-state index in [0.717, 1.165) is 5.56 Å². The van der Waals surface area contributed by atoms with Crippen LogP contribution in [-0.4, -0.2) is 75.3 Å². The predicted molar refractivity (Wildman–Crippen MR) is 123 cm³/mol. The van der Waals surface area contributed by atoms with Gasteiger partial charge in [-0.25, -0.2) is 14.1 Å². The first-order valence-electron chi connectivity index (χ1n) is 11.0. The highest BCUT2D eigenvalue weighted by Crippen LogP contribution is 2.32. The average molecular weight is 477 g/mol. The highest BCUT2D eigenvalue weighted by Gasteiger charge is 2.32. The van der Waals surface area contributed by atoms with Crippen molar-refractivity contribution in [3.05, 3.63) is 29.0 Å². The number of aromatic nitrogens is 2. The minimum absolute atomic E-state index is 0.00350. The smallest absolute Gasteiger partial charge is 0.410 e. The summed E-state index contributed by atoms with van der Waals surface area (Å²) in [5, 5.41) is 7.16. The third kappa shape index (κ3) is 4.91. The summed E-state index contributed by atoms with van der Waals surface area (Å²) in [6.45, 7) is 10.4. The zero-order valence-electron chi connectivity index (χ0n) is 19.3. The first-order valence-corrected chi connectivity index (χ1v) is 11.4. The van der Waals surface area contributed by atoms with Gasteiger partial charge in [-0.15, -0.1) is 0 Å². The highest BCUT2D eigenvalue weighted by molar-refractivity contribution is 6.35. The second-order valence-corrected chi connectivity index (χ2v) is 9.87. The molecule has 2 fully saturated rings. The summed E-state index contributed by atoms with van der Waals surface area (Å²) >= 11 is 6.79. The van der Waals surface area contributed by atoms with Gasteiger partial charge >= 0.3 is 12.1 Å². The van der Waals surface area contributed by atoms with Crippen molar-refractivity contribution in [2.75, 3.05) is 31.1 Å². The molecular formula is C22H29ClN6O4. The first-order chi connectivity index (χ1) is 15.5. The fourth-order valence-corrected chi connectivity index (χ4v) is 4.49. The quantitative estimate of drug-likeness (QED) is 0.731. The number of imide groups is 1. The second kappa shape index (κ2) is 8.83. The van der Waals surface area contributed by atoms with E-state index in [9.17, 15) is 14.4 Å². The third-order valence-electron chi connectivity index (χ3n) is 5.76. The van der Waals surface area contributed by atoms with Gasteiger partial charge in [-0.1, -0.05) is 11.6 Å². The maximum Gasteiger partial charge on any atom is 0.410 e. The molecular weight excluding hydrogens is 448 g/mol. The molecule has 1 atom stereocenters. The van der Waals surface area contributed by atoms with E-state index in [4.69, 9.17) is 16.3 Å². The number of hydrogen-bond donors (Lipinski definition) is 1. The Bertz CT molecular complexity index is 1090. The van der Waals surface area contributed by atoms with Crippen molar-refractivity contribution in [1.29, 1.82) is 0 Å². The van der Waals surface area contributed by atoms with Gasteiger partial charge in [-0.05, 0) is 39.3 Å². The van der Waals surface area contributed by atoms with Crippen LogP contribution in [0.25, 0.3) is 5.52 Å². The van der Waals surface area contributed by atoms with Crippen molar-refractivity contribution in [1.82, 2.24) is 24.7 Å². The SMILES string of the molecule is C[C@H]1CN(Cc2ccn3ncc(N4CCC(=O)NC4=O)c3c2Cl)CCN1C(=O)OC(C)(C)C. The van der Waals surface area contributed by atoms with E-state index < -0.39 is 11.6 Å². The van der Waals surface area contributed by atoms with Crippen LogP contribution in [0.5, 0.6) is 0 Å². The van der Waals surface area contributed by atoms with E-state index in [0.29, 0.717) is 42.4 Å². The van der Waals surface area contributed by atoms with Crippen LogP contribution in [0.4, 0.5) is 15.3 Å². The molecule has 0 radical (unpaired) electrons. The first kappa shape index (κ1) is 23.3. The Morgan fingerprint density at radius 1 is 1.27 bits per heavy atom. The Balaban J connectivity index is 1.50. The van der Waals surface area contributed by atoms with Crippen LogP contribution in [0.3, 0.4) is 0 Å². The summed E-state index contributed by atoms with van der Waals surface area (Å²) in [6, 6.07) is 1.43. The molecule has 1 N–H and O–H groups in total. The standard InChI is InChI=1S/C22H29ClN6O4/c1-14-12-26(9-10-27(14)21(32)33-22(2,3)4)13-15-5-8-29-19(18(15)23)16(11-24-29)28-7-6-17(30)25-20(28)31/h5,8,11,14H,6-7,9-10,12-13H2,1-4H3,(H,25,30,31)/t14-/m0/s1. The lowest BCUT2D eigenvalue weighted by Gasteiger charge is -2.40. The number of ether oxygens (including phenoxy) is 1. The topological polar surface area (TPSA) is 99.5 Å². The molecule has 33 heavy (non-hydrogen) atoms. The molecule has 2 aliphatic heterocycles. The van der Waals surface area contributed by atoms with Gasteiger partial charge in [-0.2, -0.15) is 5.10 Å². The van der Waals surface area contributed by atoms with Gasteiger partial charge in [-0.3, -0.25) is 19.9 Å². The average Bonchev–Trinajstić information content (AvgIpc) is 3.13. The van der Waals surface area contributed by atoms with Gasteiger partial charge in [0.2, 0.25) is 5.91 Å². The van der Waals surface area contributed by atoms with Crippen LogP contribution >= 0.6 is 11.6 Å². The fraction of sp³-hybridized carbons (Fsp3) is 0.545. The van der Waals surface area contributed by atoms with E-state index in [1.807, 2.05) is 40.0 Å². The molecule has 0 unspecified atom stereocenters. The number of rotatable bonds is 3. The number of nitrogens with zero attached hydrogens (tertiary/aromatic N) is 5. The largest absolute Gasteiger partial charge is 0.444 e. The van der Waals surface area contributed by atoms with Gasteiger partial charge in [0.05, 0.1) is 16.9 Å². The second-order valence-electron chi connectivity index (χ2n) is 9.49. The van der Waals surface area contributed by atoms with Crippen LogP contribution in [0, 0.1) is 0 Å². The van der Waals surface area contributed by atoms with Crippen molar-refractivity contribution in [2.45, 2.75) is 52.3 Å². The normalized spacial score (nSPS) is 20.3. The van der Waals surface area contributed by atoms with Crippen molar-refractivity contribution in [3.63, 3.8) is 0 Å². The lowest BCUT2D eigenvalue weighted by Crippen LogP contribution is -2.54. The summed E-state index contributed by atoms with van der Waals surface area (Å²) in [6.07, 6.45) is 3.33. The van der Waals surface area contributed by atoms with E-state index in [2.05, 4.69) is 15.3 Å². The molecule has 11 heteroatoms. The number of anilines is 1. The van der Waals surface area contributed by atoms with Crippen LogP contribution in [0.15, 0.2) is 18.5 Å². The van der Waals surface area contributed by atoms with Gasteiger partial charge in [0, 0.05) is 51.4 Å². The zero-order valence-corrected chi connectivity index (χ0v) is 20.1. The number of hydrogen-bond acceptors (Lipinski definition) is 6. The fourth-order valence-electron chi connectivity index (χ4n) is 4.19. The van der Waals surface area contributed by atoms with E-state index in [-0.39, 0.29) is 31.0 Å².